The third-order valence-corrected chi connectivity index (χ3v) is 5.15. The number of carbonyl (C=O) groups excluding carboxylic acids is 2. The van der Waals surface area contributed by atoms with Gasteiger partial charge in [-0.05, 0) is 22.3 Å². The topological polar surface area (TPSA) is 76.7 Å². The Labute approximate surface area is 188 Å². The fraction of sp³-hybridized carbons (Fsp3) is 0.231. The first-order chi connectivity index (χ1) is 15.6. The van der Waals surface area contributed by atoms with E-state index in [0.29, 0.717) is 13.1 Å². The molecule has 0 saturated carbocycles. The second-order valence-electron chi connectivity index (χ2n) is 7.32. The number of nitrogens with one attached hydrogen (secondary N) is 2. The molecule has 3 rings (SSSR count). The highest BCUT2D eigenvalue weighted by Gasteiger charge is 2.21. The summed E-state index contributed by atoms with van der Waals surface area (Å²) in [7, 11) is 2.77. The predicted octanol–water partition coefficient (Wildman–Crippen LogP) is 3.69. The van der Waals surface area contributed by atoms with E-state index in [9.17, 15) is 9.59 Å². The van der Waals surface area contributed by atoms with E-state index < -0.39 is 12.1 Å². The van der Waals surface area contributed by atoms with Gasteiger partial charge < -0.3 is 9.47 Å². The van der Waals surface area contributed by atoms with E-state index in [1.165, 1.54) is 14.2 Å². The molecule has 32 heavy (non-hydrogen) atoms. The van der Waals surface area contributed by atoms with Crippen LogP contribution in [0, 0.1) is 0 Å². The van der Waals surface area contributed by atoms with E-state index in [-0.39, 0.29) is 11.9 Å². The van der Waals surface area contributed by atoms with Gasteiger partial charge in [-0.15, -0.1) is 0 Å². The van der Waals surface area contributed by atoms with Crippen molar-refractivity contribution in [1.82, 2.24) is 10.6 Å². The second-order valence-corrected chi connectivity index (χ2v) is 7.32. The number of hydrogen-bond acceptors (Lipinski definition) is 6. The number of ether oxygens (including phenoxy) is 2. The Bertz CT molecular complexity index is 930. The summed E-state index contributed by atoms with van der Waals surface area (Å²) >= 11 is 0. The first kappa shape index (κ1) is 23.2. The lowest BCUT2D eigenvalue weighted by Crippen LogP contribution is -2.30. The molecule has 0 bridgehead atoms. The van der Waals surface area contributed by atoms with Gasteiger partial charge in [-0.2, -0.15) is 0 Å². The number of benzene rings is 3. The molecule has 0 aliphatic rings. The Balaban J connectivity index is 1.67. The molecule has 0 fully saturated rings. The molecule has 2 unspecified atom stereocenters. The molecule has 0 radical (unpaired) electrons. The number of methoxy groups -OCH3 is 2. The van der Waals surface area contributed by atoms with E-state index in [0.717, 1.165) is 22.3 Å². The molecule has 0 aromatic heterocycles. The van der Waals surface area contributed by atoms with Crippen molar-refractivity contribution < 1.29 is 19.1 Å². The number of hydrogen-bond donors (Lipinski definition) is 2. The molecular formula is C26H28N2O4. The van der Waals surface area contributed by atoms with Gasteiger partial charge in [0.2, 0.25) is 0 Å². The number of esters is 2. The van der Waals surface area contributed by atoms with Crippen LogP contribution in [0.3, 0.4) is 0 Å². The second kappa shape index (κ2) is 11.8. The van der Waals surface area contributed by atoms with Crippen molar-refractivity contribution >= 4 is 11.9 Å². The van der Waals surface area contributed by atoms with Gasteiger partial charge in [-0.25, -0.2) is 9.59 Å². The summed E-state index contributed by atoms with van der Waals surface area (Å²) in [6.45, 7) is 0.975. The maximum atomic E-state index is 12.3. The molecule has 0 spiro atoms. The van der Waals surface area contributed by atoms with Crippen LogP contribution < -0.4 is 10.6 Å². The lowest BCUT2D eigenvalue weighted by molar-refractivity contribution is -0.144. The molecule has 3 aromatic carbocycles. The molecule has 6 heteroatoms. The van der Waals surface area contributed by atoms with Crippen LogP contribution in [0.5, 0.6) is 0 Å². The van der Waals surface area contributed by atoms with Crippen molar-refractivity contribution in [3.05, 3.63) is 107 Å². The summed E-state index contributed by atoms with van der Waals surface area (Å²) in [6.07, 6.45) is 0. The normalized spacial score (nSPS) is 12.6. The number of rotatable bonds is 10. The van der Waals surface area contributed by atoms with Crippen molar-refractivity contribution in [2.75, 3.05) is 14.2 Å². The first-order valence-electron chi connectivity index (χ1n) is 10.4. The Morgan fingerprint density at radius 1 is 0.656 bits per heavy atom. The van der Waals surface area contributed by atoms with Crippen LogP contribution >= 0.6 is 0 Å². The van der Waals surface area contributed by atoms with Crippen LogP contribution in [-0.4, -0.2) is 26.2 Å². The number of carbonyl (C=O) groups is 2. The maximum Gasteiger partial charge on any atom is 0.327 e. The molecule has 2 N–H and O–H groups in total. The monoisotopic (exact) mass is 432 g/mol. The molecule has 0 amide bonds. The third-order valence-electron chi connectivity index (χ3n) is 5.15. The van der Waals surface area contributed by atoms with Gasteiger partial charge >= 0.3 is 11.9 Å². The van der Waals surface area contributed by atoms with Crippen LogP contribution in [0.25, 0.3) is 0 Å². The molecule has 0 aliphatic carbocycles. The quantitative estimate of drug-likeness (QED) is 0.476. The molecule has 6 nitrogen and oxygen atoms in total. The minimum absolute atomic E-state index is 0.335. The standard InChI is InChI=1S/C26H28N2O4/c1-31-25(29)23(21-12-5-3-6-13-21)27-17-19-10-9-11-20(16-19)18-28-24(26(30)32-2)22-14-7-4-8-15-22/h3-16,23-24,27-28H,17-18H2,1-2H3. The van der Waals surface area contributed by atoms with E-state index in [1.54, 1.807) is 0 Å². The Morgan fingerprint density at radius 3 is 1.44 bits per heavy atom. The SMILES string of the molecule is COC(=O)C(NCc1cccc(CNC(C(=O)OC)c2ccccc2)c1)c1ccccc1. The van der Waals surface area contributed by atoms with Gasteiger partial charge in [0, 0.05) is 13.1 Å². The summed E-state index contributed by atoms with van der Waals surface area (Å²) in [4.78, 5) is 24.5. The molecule has 0 aliphatic heterocycles. The smallest absolute Gasteiger partial charge is 0.327 e. The third kappa shape index (κ3) is 6.26. The highest BCUT2D eigenvalue weighted by molar-refractivity contribution is 5.78. The fourth-order valence-electron chi connectivity index (χ4n) is 3.49. The largest absolute Gasteiger partial charge is 0.468 e. The Morgan fingerprint density at radius 2 is 1.06 bits per heavy atom. The average Bonchev–Trinajstić information content (AvgIpc) is 2.85. The molecule has 166 valence electrons. The van der Waals surface area contributed by atoms with Crippen molar-refractivity contribution in [3.63, 3.8) is 0 Å². The summed E-state index contributed by atoms with van der Waals surface area (Å²) in [5.41, 5.74) is 3.73. The maximum absolute atomic E-state index is 12.3. The van der Waals surface area contributed by atoms with Crippen molar-refractivity contribution in [1.29, 1.82) is 0 Å². The van der Waals surface area contributed by atoms with Crippen molar-refractivity contribution in [2.24, 2.45) is 0 Å². The van der Waals surface area contributed by atoms with E-state index in [2.05, 4.69) is 10.6 Å². The van der Waals surface area contributed by atoms with Crippen LogP contribution in [0.4, 0.5) is 0 Å². The van der Waals surface area contributed by atoms with Crippen LogP contribution in [0.1, 0.15) is 34.3 Å². The summed E-state index contributed by atoms with van der Waals surface area (Å²) in [5.74, 6) is -0.671. The van der Waals surface area contributed by atoms with E-state index in [1.807, 2.05) is 84.9 Å². The van der Waals surface area contributed by atoms with Gasteiger partial charge in [0.05, 0.1) is 14.2 Å². The minimum Gasteiger partial charge on any atom is -0.468 e. The predicted molar refractivity (Wildman–Crippen MR) is 123 cm³/mol. The Hall–Kier alpha value is -3.48. The molecule has 0 heterocycles. The lowest BCUT2D eigenvalue weighted by atomic mass is 10.0. The zero-order valence-corrected chi connectivity index (χ0v) is 18.3. The van der Waals surface area contributed by atoms with E-state index in [4.69, 9.17) is 9.47 Å². The summed E-state index contributed by atoms with van der Waals surface area (Å²) in [6, 6.07) is 25.8. The highest BCUT2D eigenvalue weighted by atomic mass is 16.5. The molecular weight excluding hydrogens is 404 g/mol. The minimum atomic E-state index is -0.551. The van der Waals surface area contributed by atoms with Gasteiger partial charge in [0.1, 0.15) is 12.1 Å². The molecule has 2 atom stereocenters. The first-order valence-corrected chi connectivity index (χ1v) is 10.4. The van der Waals surface area contributed by atoms with Crippen LogP contribution in [0.2, 0.25) is 0 Å². The fourth-order valence-corrected chi connectivity index (χ4v) is 3.49. The van der Waals surface area contributed by atoms with Crippen molar-refractivity contribution in [2.45, 2.75) is 25.2 Å². The summed E-state index contributed by atoms with van der Waals surface area (Å²) in [5, 5.41) is 6.56. The van der Waals surface area contributed by atoms with Gasteiger partial charge in [0.15, 0.2) is 0 Å². The van der Waals surface area contributed by atoms with Crippen LogP contribution in [-0.2, 0) is 32.2 Å². The van der Waals surface area contributed by atoms with Gasteiger partial charge in [0.25, 0.3) is 0 Å². The average molecular weight is 433 g/mol. The van der Waals surface area contributed by atoms with E-state index >= 15 is 0 Å². The molecule has 3 aromatic rings. The Kier molecular flexibility index (Phi) is 8.54. The van der Waals surface area contributed by atoms with Gasteiger partial charge in [-0.3, -0.25) is 10.6 Å². The zero-order valence-electron chi connectivity index (χ0n) is 18.3. The summed E-state index contributed by atoms with van der Waals surface area (Å²) < 4.78 is 9.93. The van der Waals surface area contributed by atoms with Crippen LogP contribution in [0.15, 0.2) is 84.9 Å². The van der Waals surface area contributed by atoms with Crippen molar-refractivity contribution in [3.8, 4) is 0 Å². The lowest BCUT2D eigenvalue weighted by Gasteiger charge is -2.18. The highest BCUT2D eigenvalue weighted by Crippen LogP contribution is 2.17. The molecule has 0 saturated heterocycles. The zero-order chi connectivity index (χ0) is 22.8. The van der Waals surface area contributed by atoms with Gasteiger partial charge in [-0.1, -0.05) is 84.9 Å².